The third-order valence-electron chi connectivity index (χ3n) is 4.53. The number of amides is 2. The SMILES string of the molecule is NC(=O)[C@H]1CCCCN1C(=O)COC(=O)c1cccc(Oc2ccccc2)c1. The van der Waals surface area contributed by atoms with Crippen LogP contribution in [-0.4, -0.2) is 41.9 Å². The standard InChI is InChI=1S/C21H22N2O5/c22-20(25)18-11-4-5-12-23(18)19(24)14-27-21(26)15-7-6-10-17(13-15)28-16-8-2-1-3-9-16/h1-3,6-10,13,18H,4-5,11-12,14H2,(H2,22,25)/t18-/m1/s1. The summed E-state index contributed by atoms with van der Waals surface area (Å²) in [5.41, 5.74) is 5.64. The Morgan fingerprint density at radius 3 is 2.50 bits per heavy atom. The van der Waals surface area contributed by atoms with Gasteiger partial charge in [0.05, 0.1) is 5.56 Å². The minimum Gasteiger partial charge on any atom is -0.457 e. The molecule has 1 aliphatic rings. The fourth-order valence-corrected chi connectivity index (χ4v) is 3.13. The van der Waals surface area contributed by atoms with Crippen molar-refractivity contribution < 1.29 is 23.9 Å². The molecule has 1 atom stereocenters. The van der Waals surface area contributed by atoms with Gasteiger partial charge in [0.1, 0.15) is 17.5 Å². The van der Waals surface area contributed by atoms with Gasteiger partial charge in [-0.1, -0.05) is 24.3 Å². The molecule has 1 heterocycles. The number of para-hydroxylation sites is 1. The van der Waals surface area contributed by atoms with Crippen LogP contribution in [0.25, 0.3) is 0 Å². The Morgan fingerprint density at radius 2 is 1.75 bits per heavy atom. The third kappa shape index (κ3) is 4.88. The van der Waals surface area contributed by atoms with Crippen molar-refractivity contribution >= 4 is 17.8 Å². The first-order valence-electron chi connectivity index (χ1n) is 9.13. The predicted molar refractivity (Wildman–Crippen MR) is 102 cm³/mol. The third-order valence-corrected chi connectivity index (χ3v) is 4.53. The molecule has 0 radical (unpaired) electrons. The second-order valence-corrected chi connectivity index (χ2v) is 6.52. The van der Waals surface area contributed by atoms with E-state index in [1.54, 1.807) is 36.4 Å². The fourth-order valence-electron chi connectivity index (χ4n) is 3.13. The topological polar surface area (TPSA) is 98.9 Å². The summed E-state index contributed by atoms with van der Waals surface area (Å²) >= 11 is 0. The number of carbonyl (C=O) groups is 3. The van der Waals surface area contributed by atoms with E-state index in [-0.39, 0.29) is 5.56 Å². The molecule has 2 amide bonds. The molecule has 1 aliphatic heterocycles. The molecular formula is C21H22N2O5. The van der Waals surface area contributed by atoms with Gasteiger partial charge in [-0.25, -0.2) is 4.79 Å². The summed E-state index contributed by atoms with van der Waals surface area (Å²) < 4.78 is 10.8. The number of carbonyl (C=O) groups excluding carboxylic acids is 3. The summed E-state index contributed by atoms with van der Waals surface area (Å²) in [7, 11) is 0. The number of benzene rings is 2. The molecule has 7 nitrogen and oxygen atoms in total. The molecule has 0 aromatic heterocycles. The number of nitrogens with zero attached hydrogens (tertiary/aromatic N) is 1. The first kappa shape index (κ1) is 19.4. The van der Waals surface area contributed by atoms with Crippen LogP contribution in [0, 0.1) is 0 Å². The molecule has 7 heteroatoms. The lowest BCUT2D eigenvalue weighted by molar-refractivity contribution is -0.143. The summed E-state index contributed by atoms with van der Waals surface area (Å²) in [6.45, 7) is -0.00320. The highest BCUT2D eigenvalue weighted by Gasteiger charge is 2.31. The maximum atomic E-state index is 12.4. The van der Waals surface area contributed by atoms with Crippen molar-refractivity contribution in [3.63, 3.8) is 0 Å². The molecule has 28 heavy (non-hydrogen) atoms. The molecule has 0 unspecified atom stereocenters. The molecule has 146 valence electrons. The summed E-state index contributed by atoms with van der Waals surface area (Å²) in [6, 6.07) is 15.1. The molecular weight excluding hydrogens is 360 g/mol. The first-order valence-corrected chi connectivity index (χ1v) is 9.13. The predicted octanol–water partition coefficient (Wildman–Crippen LogP) is 2.50. The number of esters is 1. The van der Waals surface area contributed by atoms with E-state index in [0.717, 1.165) is 12.8 Å². The summed E-state index contributed by atoms with van der Waals surface area (Å²) in [5, 5.41) is 0. The van der Waals surface area contributed by atoms with Crippen LogP contribution in [0.15, 0.2) is 54.6 Å². The molecule has 2 aromatic carbocycles. The lowest BCUT2D eigenvalue weighted by Crippen LogP contribution is -2.51. The highest BCUT2D eigenvalue weighted by molar-refractivity contribution is 5.92. The van der Waals surface area contributed by atoms with Crippen LogP contribution in [0.5, 0.6) is 11.5 Å². The minimum absolute atomic E-state index is 0.270. The average molecular weight is 382 g/mol. The second kappa shape index (κ2) is 9.03. The van der Waals surface area contributed by atoms with Crippen LogP contribution in [0.2, 0.25) is 0 Å². The van der Waals surface area contributed by atoms with Crippen LogP contribution < -0.4 is 10.5 Å². The summed E-state index contributed by atoms with van der Waals surface area (Å²) in [6.07, 6.45) is 2.17. The molecule has 1 fully saturated rings. The Balaban J connectivity index is 1.59. The van der Waals surface area contributed by atoms with E-state index in [1.165, 1.54) is 4.90 Å². The van der Waals surface area contributed by atoms with Crippen molar-refractivity contribution in [2.45, 2.75) is 25.3 Å². The van der Waals surface area contributed by atoms with Crippen molar-refractivity contribution in [1.29, 1.82) is 0 Å². The smallest absolute Gasteiger partial charge is 0.338 e. The van der Waals surface area contributed by atoms with Crippen LogP contribution in [0.1, 0.15) is 29.6 Å². The van der Waals surface area contributed by atoms with Crippen LogP contribution in [-0.2, 0) is 14.3 Å². The summed E-state index contributed by atoms with van der Waals surface area (Å²) in [5.74, 6) is -0.472. The van der Waals surface area contributed by atoms with E-state index < -0.39 is 30.4 Å². The monoisotopic (exact) mass is 382 g/mol. The van der Waals surface area contributed by atoms with Gasteiger partial charge in [0.25, 0.3) is 5.91 Å². The molecule has 3 rings (SSSR count). The highest BCUT2D eigenvalue weighted by atomic mass is 16.5. The van der Waals surface area contributed by atoms with E-state index in [1.807, 2.05) is 18.2 Å². The van der Waals surface area contributed by atoms with Crippen molar-refractivity contribution in [2.75, 3.05) is 13.2 Å². The van der Waals surface area contributed by atoms with Gasteiger partial charge in [-0.15, -0.1) is 0 Å². The lowest BCUT2D eigenvalue weighted by atomic mass is 10.0. The fraction of sp³-hybridized carbons (Fsp3) is 0.286. The van der Waals surface area contributed by atoms with Gasteiger partial charge in [-0.3, -0.25) is 9.59 Å². The maximum absolute atomic E-state index is 12.4. The molecule has 0 saturated carbocycles. The van der Waals surface area contributed by atoms with Gasteiger partial charge in [0.15, 0.2) is 6.61 Å². The first-order chi connectivity index (χ1) is 13.5. The molecule has 2 aromatic rings. The molecule has 1 saturated heterocycles. The number of hydrogen-bond acceptors (Lipinski definition) is 5. The van der Waals surface area contributed by atoms with Crippen molar-refractivity contribution in [1.82, 2.24) is 4.90 Å². The Hall–Kier alpha value is -3.35. The number of likely N-dealkylation sites (tertiary alicyclic amines) is 1. The van der Waals surface area contributed by atoms with Gasteiger partial charge < -0.3 is 20.1 Å². The summed E-state index contributed by atoms with van der Waals surface area (Å²) in [4.78, 5) is 37.6. The largest absolute Gasteiger partial charge is 0.457 e. The zero-order valence-electron chi connectivity index (χ0n) is 15.4. The normalized spacial score (nSPS) is 16.3. The molecule has 0 spiro atoms. The van der Waals surface area contributed by atoms with Gasteiger partial charge in [0.2, 0.25) is 5.91 Å². The molecule has 0 aliphatic carbocycles. The van der Waals surface area contributed by atoms with Crippen molar-refractivity contribution in [3.8, 4) is 11.5 Å². The number of primary amides is 1. The maximum Gasteiger partial charge on any atom is 0.338 e. The van der Waals surface area contributed by atoms with Crippen LogP contribution >= 0.6 is 0 Å². The Morgan fingerprint density at radius 1 is 1.00 bits per heavy atom. The van der Waals surface area contributed by atoms with Gasteiger partial charge >= 0.3 is 5.97 Å². The minimum atomic E-state index is -0.639. The number of ether oxygens (including phenoxy) is 2. The van der Waals surface area contributed by atoms with Crippen molar-refractivity contribution in [3.05, 3.63) is 60.2 Å². The zero-order chi connectivity index (χ0) is 19.9. The van der Waals surface area contributed by atoms with E-state index in [0.29, 0.717) is 24.5 Å². The number of piperidine rings is 1. The zero-order valence-corrected chi connectivity index (χ0v) is 15.4. The van der Waals surface area contributed by atoms with Gasteiger partial charge in [-0.2, -0.15) is 0 Å². The van der Waals surface area contributed by atoms with Gasteiger partial charge in [-0.05, 0) is 49.6 Å². The molecule has 2 N–H and O–H groups in total. The lowest BCUT2D eigenvalue weighted by Gasteiger charge is -2.33. The number of hydrogen-bond donors (Lipinski definition) is 1. The molecule has 0 bridgehead atoms. The quantitative estimate of drug-likeness (QED) is 0.774. The Kier molecular flexibility index (Phi) is 6.26. The highest BCUT2D eigenvalue weighted by Crippen LogP contribution is 2.22. The van der Waals surface area contributed by atoms with Crippen LogP contribution in [0.4, 0.5) is 0 Å². The number of rotatable bonds is 6. The van der Waals surface area contributed by atoms with E-state index in [2.05, 4.69) is 0 Å². The second-order valence-electron chi connectivity index (χ2n) is 6.52. The van der Waals surface area contributed by atoms with Crippen molar-refractivity contribution in [2.24, 2.45) is 5.73 Å². The van der Waals surface area contributed by atoms with E-state index in [9.17, 15) is 14.4 Å². The van der Waals surface area contributed by atoms with E-state index in [4.69, 9.17) is 15.2 Å². The van der Waals surface area contributed by atoms with Crippen LogP contribution in [0.3, 0.4) is 0 Å². The Bertz CT molecular complexity index is 853. The Labute approximate surface area is 163 Å². The van der Waals surface area contributed by atoms with E-state index >= 15 is 0 Å². The average Bonchev–Trinajstić information content (AvgIpc) is 2.72. The van der Waals surface area contributed by atoms with Gasteiger partial charge in [0, 0.05) is 6.54 Å². The number of nitrogens with two attached hydrogens (primary N) is 1.